The van der Waals surface area contributed by atoms with Crippen LogP contribution in [0.4, 0.5) is 5.69 Å². The van der Waals surface area contributed by atoms with Crippen LogP contribution in [0.2, 0.25) is 0 Å². The minimum absolute atomic E-state index is 0.00403. The van der Waals surface area contributed by atoms with Gasteiger partial charge in [-0.2, -0.15) is 0 Å². The number of nitrogens with one attached hydrogen (secondary N) is 3. The molecule has 3 rings (SSSR count). The third-order valence-corrected chi connectivity index (χ3v) is 6.08. The van der Waals surface area contributed by atoms with Gasteiger partial charge in [-0.15, -0.1) is 0 Å². The molecule has 0 fully saturated rings. The van der Waals surface area contributed by atoms with E-state index in [1.165, 1.54) is 31.4 Å². The summed E-state index contributed by atoms with van der Waals surface area (Å²) in [5.41, 5.74) is 5.77. The molecular weight excluding hydrogens is 470 g/mol. The Kier molecular flexibility index (Phi) is 8.32. The molecule has 0 aliphatic heterocycles. The van der Waals surface area contributed by atoms with Crippen molar-refractivity contribution >= 4 is 27.5 Å². The van der Waals surface area contributed by atoms with Crippen LogP contribution in [0, 0.1) is 0 Å². The fourth-order valence-corrected chi connectivity index (χ4v) is 4.21. The summed E-state index contributed by atoms with van der Waals surface area (Å²) < 4.78 is 38.6. The minimum Gasteiger partial charge on any atom is -0.497 e. The van der Waals surface area contributed by atoms with Crippen molar-refractivity contribution in [3.63, 3.8) is 0 Å². The standard InChI is InChI=1S/C25H27N3O6S/c1-17(2)34-22-8-4-6-18(14-22)15-24(29)26-27-25(30)19-7-5-9-23(16-19)35(31,32)28-20-10-12-21(33-3)13-11-20/h4-14,16-17,28H,15H2,1-3H3,(H,26,29)(H,27,30). The lowest BCUT2D eigenvalue weighted by Crippen LogP contribution is -2.42. The molecule has 3 N–H and O–H groups in total. The topological polar surface area (TPSA) is 123 Å². The van der Waals surface area contributed by atoms with Gasteiger partial charge in [0.05, 0.1) is 24.5 Å². The molecule has 0 aliphatic carbocycles. The molecule has 0 saturated carbocycles. The molecule has 2 amide bonds. The summed E-state index contributed by atoms with van der Waals surface area (Å²) in [6, 6.07) is 19.0. The summed E-state index contributed by atoms with van der Waals surface area (Å²) >= 11 is 0. The van der Waals surface area contributed by atoms with Gasteiger partial charge in [-0.1, -0.05) is 18.2 Å². The highest BCUT2D eigenvalue weighted by Crippen LogP contribution is 2.20. The number of hydrazine groups is 1. The monoisotopic (exact) mass is 497 g/mol. The van der Waals surface area contributed by atoms with Gasteiger partial charge < -0.3 is 9.47 Å². The van der Waals surface area contributed by atoms with Crippen LogP contribution in [-0.2, 0) is 21.2 Å². The fraction of sp³-hybridized carbons (Fsp3) is 0.200. The van der Waals surface area contributed by atoms with E-state index in [0.29, 0.717) is 22.7 Å². The summed E-state index contributed by atoms with van der Waals surface area (Å²) in [4.78, 5) is 24.7. The number of anilines is 1. The van der Waals surface area contributed by atoms with Gasteiger partial charge in [0.1, 0.15) is 11.5 Å². The van der Waals surface area contributed by atoms with E-state index in [1.54, 1.807) is 48.5 Å². The zero-order valence-corrected chi connectivity index (χ0v) is 20.4. The Morgan fingerprint density at radius 3 is 2.29 bits per heavy atom. The first kappa shape index (κ1) is 25.6. The lowest BCUT2D eigenvalue weighted by Gasteiger charge is -2.12. The zero-order valence-electron chi connectivity index (χ0n) is 19.6. The molecule has 0 aromatic heterocycles. The van der Waals surface area contributed by atoms with E-state index in [9.17, 15) is 18.0 Å². The molecule has 0 aliphatic rings. The molecule has 35 heavy (non-hydrogen) atoms. The first-order valence-corrected chi connectivity index (χ1v) is 12.3. The Morgan fingerprint density at radius 2 is 1.60 bits per heavy atom. The lowest BCUT2D eigenvalue weighted by molar-refractivity contribution is -0.121. The maximum absolute atomic E-state index is 12.7. The number of methoxy groups -OCH3 is 1. The van der Waals surface area contributed by atoms with Gasteiger partial charge in [-0.25, -0.2) is 8.42 Å². The Morgan fingerprint density at radius 1 is 0.886 bits per heavy atom. The van der Waals surface area contributed by atoms with Gasteiger partial charge in [-0.3, -0.25) is 25.2 Å². The summed E-state index contributed by atoms with van der Waals surface area (Å²) in [5.74, 6) is 0.141. The smallest absolute Gasteiger partial charge is 0.269 e. The van der Waals surface area contributed by atoms with E-state index in [2.05, 4.69) is 15.6 Å². The average molecular weight is 498 g/mol. The van der Waals surface area contributed by atoms with Crippen molar-refractivity contribution in [1.82, 2.24) is 10.9 Å². The molecule has 0 heterocycles. The minimum atomic E-state index is -3.94. The maximum atomic E-state index is 12.7. The molecule has 3 aromatic rings. The van der Waals surface area contributed by atoms with Gasteiger partial charge in [0, 0.05) is 11.3 Å². The van der Waals surface area contributed by atoms with E-state index in [1.807, 2.05) is 13.8 Å². The van der Waals surface area contributed by atoms with Crippen LogP contribution >= 0.6 is 0 Å². The zero-order chi connectivity index (χ0) is 25.4. The molecule has 0 radical (unpaired) electrons. The average Bonchev–Trinajstić information content (AvgIpc) is 2.82. The second-order valence-corrected chi connectivity index (χ2v) is 9.54. The maximum Gasteiger partial charge on any atom is 0.269 e. The van der Waals surface area contributed by atoms with Crippen molar-refractivity contribution in [1.29, 1.82) is 0 Å². The second kappa shape index (κ2) is 11.4. The molecule has 9 nitrogen and oxygen atoms in total. The number of amides is 2. The molecule has 0 atom stereocenters. The van der Waals surface area contributed by atoms with Crippen molar-refractivity contribution in [2.75, 3.05) is 11.8 Å². The third kappa shape index (κ3) is 7.47. The van der Waals surface area contributed by atoms with Crippen molar-refractivity contribution in [2.24, 2.45) is 0 Å². The Bertz CT molecular complexity index is 1290. The Balaban J connectivity index is 1.60. The molecule has 0 unspecified atom stereocenters. The van der Waals surface area contributed by atoms with E-state index in [-0.39, 0.29) is 23.0 Å². The number of hydrogen-bond acceptors (Lipinski definition) is 6. The van der Waals surface area contributed by atoms with Crippen molar-refractivity contribution in [3.05, 3.63) is 83.9 Å². The summed E-state index contributed by atoms with van der Waals surface area (Å²) in [6.07, 6.45) is 0.0276. The van der Waals surface area contributed by atoms with E-state index >= 15 is 0 Å². The van der Waals surface area contributed by atoms with Gasteiger partial charge >= 0.3 is 0 Å². The number of carbonyl (C=O) groups excluding carboxylic acids is 2. The highest BCUT2D eigenvalue weighted by molar-refractivity contribution is 7.92. The van der Waals surface area contributed by atoms with Crippen LogP contribution < -0.4 is 25.0 Å². The van der Waals surface area contributed by atoms with Crippen LogP contribution in [0.25, 0.3) is 0 Å². The van der Waals surface area contributed by atoms with E-state index in [4.69, 9.17) is 9.47 Å². The van der Waals surface area contributed by atoms with Crippen LogP contribution in [0.15, 0.2) is 77.7 Å². The predicted octanol–water partition coefficient (Wildman–Crippen LogP) is 3.29. The number of rotatable bonds is 9. The largest absolute Gasteiger partial charge is 0.497 e. The van der Waals surface area contributed by atoms with Crippen LogP contribution in [0.3, 0.4) is 0 Å². The predicted molar refractivity (Wildman–Crippen MR) is 132 cm³/mol. The van der Waals surface area contributed by atoms with Crippen LogP contribution in [-0.4, -0.2) is 33.4 Å². The molecule has 184 valence electrons. The van der Waals surface area contributed by atoms with Gasteiger partial charge in [0.2, 0.25) is 5.91 Å². The summed E-state index contributed by atoms with van der Waals surface area (Å²) in [6.45, 7) is 3.81. The van der Waals surface area contributed by atoms with Crippen molar-refractivity contribution in [3.8, 4) is 11.5 Å². The van der Waals surface area contributed by atoms with Crippen molar-refractivity contribution < 1.29 is 27.5 Å². The Labute approximate surface area is 204 Å². The second-order valence-electron chi connectivity index (χ2n) is 7.85. The van der Waals surface area contributed by atoms with E-state index in [0.717, 1.165) is 0 Å². The molecule has 0 bridgehead atoms. The lowest BCUT2D eigenvalue weighted by atomic mass is 10.1. The van der Waals surface area contributed by atoms with Crippen molar-refractivity contribution in [2.45, 2.75) is 31.3 Å². The fourth-order valence-electron chi connectivity index (χ4n) is 3.11. The molecule has 10 heteroatoms. The Hall–Kier alpha value is -4.05. The normalized spacial score (nSPS) is 11.0. The summed E-state index contributed by atoms with van der Waals surface area (Å²) in [5, 5.41) is 0. The first-order chi connectivity index (χ1) is 16.7. The highest BCUT2D eigenvalue weighted by atomic mass is 32.2. The van der Waals surface area contributed by atoms with Gasteiger partial charge in [0.25, 0.3) is 15.9 Å². The molecule has 3 aromatic carbocycles. The first-order valence-electron chi connectivity index (χ1n) is 10.8. The summed E-state index contributed by atoms with van der Waals surface area (Å²) in [7, 11) is -2.43. The van der Waals surface area contributed by atoms with Crippen LogP contribution in [0.1, 0.15) is 29.8 Å². The van der Waals surface area contributed by atoms with E-state index < -0.39 is 21.8 Å². The number of hydrogen-bond donors (Lipinski definition) is 3. The number of carbonyl (C=O) groups is 2. The van der Waals surface area contributed by atoms with Gasteiger partial charge in [-0.05, 0) is 74.0 Å². The molecule has 0 spiro atoms. The number of benzene rings is 3. The quantitative estimate of drug-likeness (QED) is 0.390. The molecular formula is C25H27N3O6S. The molecule has 0 saturated heterocycles. The third-order valence-electron chi connectivity index (χ3n) is 4.70. The SMILES string of the molecule is COc1ccc(NS(=O)(=O)c2cccc(C(=O)NNC(=O)Cc3cccc(OC(C)C)c3)c2)cc1. The van der Waals surface area contributed by atoms with Gasteiger partial charge in [0.15, 0.2) is 0 Å². The number of sulfonamides is 1. The number of ether oxygens (including phenoxy) is 2. The highest BCUT2D eigenvalue weighted by Gasteiger charge is 2.17. The van der Waals surface area contributed by atoms with Crippen LogP contribution in [0.5, 0.6) is 11.5 Å².